The summed E-state index contributed by atoms with van der Waals surface area (Å²) in [5.41, 5.74) is 2.43. The van der Waals surface area contributed by atoms with E-state index in [4.69, 9.17) is 4.74 Å². The van der Waals surface area contributed by atoms with Crippen LogP contribution in [-0.4, -0.2) is 45.2 Å². The van der Waals surface area contributed by atoms with Crippen molar-refractivity contribution in [2.45, 2.75) is 26.3 Å². The van der Waals surface area contributed by atoms with Crippen LogP contribution in [0.1, 0.15) is 23.6 Å². The summed E-state index contributed by atoms with van der Waals surface area (Å²) < 4.78 is 5.00. The summed E-state index contributed by atoms with van der Waals surface area (Å²) in [4.78, 5) is 14.3. The molecule has 0 bridgehead atoms. The molecule has 1 atom stereocenters. The van der Waals surface area contributed by atoms with Gasteiger partial charge < -0.3 is 9.64 Å². The molecular formula is C16H26N2O2. The quantitative estimate of drug-likeness (QED) is 0.806. The van der Waals surface area contributed by atoms with Crippen molar-refractivity contribution in [3.8, 4) is 0 Å². The number of hydrogen-bond acceptors (Lipinski definition) is 4. The van der Waals surface area contributed by atoms with Crippen molar-refractivity contribution in [2.75, 3.05) is 34.3 Å². The minimum Gasteiger partial charge on any atom is -0.467 e. The van der Waals surface area contributed by atoms with Gasteiger partial charge in [-0.2, -0.15) is 0 Å². The van der Waals surface area contributed by atoms with Crippen LogP contribution in [0, 0.1) is 13.8 Å². The van der Waals surface area contributed by atoms with Crippen LogP contribution in [-0.2, 0) is 15.1 Å². The Kier molecular flexibility index (Phi) is 5.72. The molecule has 0 saturated heterocycles. The fourth-order valence-corrected chi connectivity index (χ4v) is 2.39. The molecule has 0 aliphatic rings. The van der Waals surface area contributed by atoms with E-state index >= 15 is 0 Å². The van der Waals surface area contributed by atoms with Crippen molar-refractivity contribution in [3.63, 3.8) is 0 Å². The molecule has 0 amide bonds. The Morgan fingerprint density at radius 3 is 2.50 bits per heavy atom. The van der Waals surface area contributed by atoms with Crippen molar-refractivity contribution in [2.24, 2.45) is 0 Å². The first-order valence-corrected chi connectivity index (χ1v) is 6.87. The number of nitrogens with zero attached hydrogens (tertiary/aromatic N) is 1. The van der Waals surface area contributed by atoms with Gasteiger partial charge >= 0.3 is 5.97 Å². The number of esters is 1. The Morgan fingerprint density at radius 2 is 2.00 bits per heavy atom. The minimum atomic E-state index is -0.817. The predicted molar refractivity (Wildman–Crippen MR) is 81.8 cm³/mol. The van der Waals surface area contributed by atoms with Crippen LogP contribution in [0.15, 0.2) is 18.2 Å². The first kappa shape index (κ1) is 16.7. The smallest absolute Gasteiger partial charge is 0.330 e. The molecule has 1 unspecified atom stereocenters. The SMILES string of the molecule is COC(=O)C(C)(NCCN(C)C)c1ccc(C)cc1C. The number of benzene rings is 1. The summed E-state index contributed by atoms with van der Waals surface area (Å²) in [7, 11) is 5.44. The fraction of sp³-hybridized carbons (Fsp3) is 0.562. The number of methoxy groups -OCH3 is 1. The Bertz CT molecular complexity index is 472. The van der Waals surface area contributed by atoms with Gasteiger partial charge in [0.15, 0.2) is 0 Å². The highest BCUT2D eigenvalue weighted by atomic mass is 16.5. The average molecular weight is 278 g/mol. The number of carbonyl (C=O) groups excluding carboxylic acids is 1. The van der Waals surface area contributed by atoms with Crippen molar-refractivity contribution in [1.29, 1.82) is 0 Å². The van der Waals surface area contributed by atoms with Crippen LogP contribution < -0.4 is 5.32 Å². The molecule has 0 aliphatic carbocycles. The zero-order chi connectivity index (χ0) is 15.3. The summed E-state index contributed by atoms with van der Waals surface area (Å²) >= 11 is 0. The molecule has 4 heteroatoms. The van der Waals surface area contributed by atoms with Crippen LogP contribution in [0.5, 0.6) is 0 Å². The van der Waals surface area contributed by atoms with E-state index in [0.29, 0.717) is 6.54 Å². The van der Waals surface area contributed by atoms with E-state index in [-0.39, 0.29) is 5.97 Å². The van der Waals surface area contributed by atoms with Gasteiger partial charge in [-0.3, -0.25) is 5.32 Å². The van der Waals surface area contributed by atoms with Gasteiger partial charge in [0.05, 0.1) is 7.11 Å². The molecule has 0 aromatic heterocycles. The lowest BCUT2D eigenvalue weighted by Crippen LogP contribution is -2.49. The minimum absolute atomic E-state index is 0.261. The standard InChI is InChI=1S/C16H26N2O2/c1-12-7-8-14(13(2)11-12)16(3,15(19)20-6)17-9-10-18(4)5/h7-8,11,17H,9-10H2,1-6H3. The highest BCUT2D eigenvalue weighted by molar-refractivity contribution is 5.82. The van der Waals surface area contributed by atoms with Crippen LogP contribution >= 0.6 is 0 Å². The lowest BCUT2D eigenvalue weighted by Gasteiger charge is -2.30. The Labute approximate surface area is 122 Å². The number of rotatable bonds is 6. The Morgan fingerprint density at radius 1 is 1.35 bits per heavy atom. The molecule has 1 N–H and O–H groups in total. The van der Waals surface area contributed by atoms with Gasteiger partial charge in [0.2, 0.25) is 0 Å². The first-order valence-electron chi connectivity index (χ1n) is 6.87. The molecule has 0 spiro atoms. The van der Waals surface area contributed by atoms with E-state index in [1.807, 2.05) is 47.0 Å². The van der Waals surface area contributed by atoms with Crippen molar-refractivity contribution < 1.29 is 9.53 Å². The molecule has 0 radical (unpaired) electrons. The first-order chi connectivity index (χ1) is 9.31. The van der Waals surface area contributed by atoms with E-state index in [2.05, 4.69) is 16.3 Å². The number of carbonyl (C=O) groups is 1. The van der Waals surface area contributed by atoms with Gasteiger partial charge in [0.25, 0.3) is 0 Å². The highest BCUT2D eigenvalue weighted by Gasteiger charge is 2.36. The Balaban J connectivity index is 3.07. The average Bonchev–Trinajstić information content (AvgIpc) is 2.36. The summed E-state index contributed by atoms with van der Waals surface area (Å²) in [6, 6.07) is 6.12. The van der Waals surface area contributed by atoms with Gasteiger partial charge in [0, 0.05) is 13.1 Å². The van der Waals surface area contributed by atoms with Gasteiger partial charge in [-0.05, 0) is 46.0 Å². The second kappa shape index (κ2) is 6.86. The summed E-state index contributed by atoms with van der Waals surface area (Å²) in [6.45, 7) is 7.53. The number of hydrogen-bond donors (Lipinski definition) is 1. The number of aryl methyl sites for hydroxylation is 2. The second-order valence-corrected chi connectivity index (χ2v) is 5.67. The largest absolute Gasteiger partial charge is 0.467 e. The molecule has 4 nitrogen and oxygen atoms in total. The molecule has 0 fully saturated rings. The third-order valence-electron chi connectivity index (χ3n) is 3.55. The van der Waals surface area contributed by atoms with E-state index in [1.165, 1.54) is 12.7 Å². The summed E-state index contributed by atoms with van der Waals surface area (Å²) in [5.74, 6) is -0.261. The highest BCUT2D eigenvalue weighted by Crippen LogP contribution is 2.26. The maximum atomic E-state index is 12.2. The fourth-order valence-electron chi connectivity index (χ4n) is 2.39. The molecule has 112 valence electrons. The monoisotopic (exact) mass is 278 g/mol. The third kappa shape index (κ3) is 3.81. The zero-order valence-electron chi connectivity index (χ0n) is 13.4. The molecule has 0 saturated carbocycles. The topological polar surface area (TPSA) is 41.6 Å². The van der Waals surface area contributed by atoms with E-state index in [0.717, 1.165) is 17.7 Å². The van der Waals surface area contributed by atoms with Crippen molar-refractivity contribution >= 4 is 5.97 Å². The van der Waals surface area contributed by atoms with Crippen molar-refractivity contribution in [3.05, 3.63) is 34.9 Å². The van der Waals surface area contributed by atoms with Crippen LogP contribution in [0.3, 0.4) is 0 Å². The van der Waals surface area contributed by atoms with Gasteiger partial charge in [-0.25, -0.2) is 4.79 Å². The number of likely N-dealkylation sites (N-methyl/N-ethyl adjacent to an activating group) is 1. The summed E-state index contributed by atoms with van der Waals surface area (Å²) in [6.07, 6.45) is 0. The summed E-state index contributed by atoms with van der Waals surface area (Å²) in [5, 5.41) is 3.34. The molecular weight excluding hydrogens is 252 g/mol. The van der Waals surface area contributed by atoms with Crippen LogP contribution in [0.4, 0.5) is 0 Å². The normalized spacial score (nSPS) is 14.2. The van der Waals surface area contributed by atoms with Gasteiger partial charge in [-0.15, -0.1) is 0 Å². The Hall–Kier alpha value is -1.39. The molecule has 0 aliphatic heterocycles. The van der Waals surface area contributed by atoms with Crippen LogP contribution in [0.25, 0.3) is 0 Å². The maximum absolute atomic E-state index is 12.2. The van der Waals surface area contributed by atoms with E-state index in [1.54, 1.807) is 0 Å². The number of ether oxygens (including phenoxy) is 1. The zero-order valence-corrected chi connectivity index (χ0v) is 13.4. The molecule has 1 rings (SSSR count). The lowest BCUT2D eigenvalue weighted by molar-refractivity contribution is -0.148. The van der Waals surface area contributed by atoms with Gasteiger partial charge in [-0.1, -0.05) is 23.8 Å². The predicted octanol–water partition coefficient (Wildman–Crippen LogP) is 1.84. The molecule has 0 heterocycles. The second-order valence-electron chi connectivity index (χ2n) is 5.67. The number of nitrogens with one attached hydrogen (secondary N) is 1. The molecule has 1 aromatic rings. The third-order valence-corrected chi connectivity index (χ3v) is 3.55. The molecule has 1 aromatic carbocycles. The van der Waals surface area contributed by atoms with Crippen LogP contribution in [0.2, 0.25) is 0 Å². The van der Waals surface area contributed by atoms with E-state index < -0.39 is 5.54 Å². The van der Waals surface area contributed by atoms with Gasteiger partial charge in [0.1, 0.15) is 5.54 Å². The molecule has 20 heavy (non-hydrogen) atoms. The van der Waals surface area contributed by atoms with E-state index in [9.17, 15) is 4.79 Å². The van der Waals surface area contributed by atoms with Crippen molar-refractivity contribution in [1.82, 2.24) is 10.2 Å². The maximum Gasteiger partial charge on any atom is 0.330 e. The lowest BCUT2D eigenvalue weighted by atomic mass is 9.87.